The topological polar surface area (TPSA) is 83.8 Å². The Hall–Kier alpha value is -2.38. The summed E-state index contributed by atoms with van der Waals surface area (Å²) in [6.45, 7) is 8.49. The zero-order chi connectivity index (χ0) is 22.0. The van der Waals surface area contributed by atoms with Crippen LogP contribution in [0.4, 0.5) is 0 Å². The predicted octanol–water partition coefficient (Wildman–Crippen LogP) is 2.91. The number of hydrogen-bond donors (Lipinski definition) is 2. The molecule has 168 valence electrons. The summed E-state index contributed by atoms with van der Waals surface area (Å²) in [4.78, 5) is 28.7. The Kier molecular flexibility index (Phi) is 6.62. The molecule has 0 bridgehead atoms. The van der Waals surface area contributed by atoms with Gasteiger partial charge in [0, 0.05) is 50.3 Å². The van der Waals surface area contributed by atoms with Crippen molar-refractivity contribution in [3.05, 3.63) is 40.2 Å². The third-order valence-electron chi connectivity index (χ3n) is 6.61. The van der Waals surface area contributed by atoms with Crippen LogP contribution in [0.2, 0.25) is 0 Å². The van der Waals surface area contributed by atoms with E-state index >= 15 is 0 Å². The van der Waals surface area contributed by atoms with Crippen LogP contribution in [0, 0.1) is 5.92 Å². The normalized spacial score (nSPS) is 19.2. The van der Waals surface area contributed by atoms with E-state index in [9.17, 15) is 14.7 Å². The van der Waals surface area contributed by atoms with Crippen LogP contribution in [-0.4, -0.2) is 59.4 Å². The molecule has 0 unspecified atom stereocenters. The number of hydrogen-bond acceptors (Lipinski definition) is 5. The number of para-hydroxylation sites is 1. The minimum absolute atomic E-state index is 0.0104. The molecule has 3 heterocycles. The summed E-state index contributed by atoms with van der Waals surface area (Å²) in [5, 5.41) is 14.3. The number of likely N-dealkylation sites (tertiary alicyclic amines) is 1. The maximum atomic E-state index is 13.1. The number of fused-ring (bicyclic) bond motifs is 1. The number of aromatic nitrogens is 1. The largest absolute Gasteiger partial charge is 0.506 e. The van der Waals surface area contributed by atoms with Crippen LogP contribution in [0.25, 0.3) is 10.9 Å². The number of aromatic hydroxyl groups is 1. The molecule has 7 nitrogen and oxygen atoms in total. The van der Waals surface area contributed by atoms with Crippen molar-refractivity contribution in [1.82, 2.24) is 14.8 Å². The van der Waals surface area contributed by atoms with Gasteiger partial charge in [0.1, 0.15) is 11.3 Å². The highest BCUT2D eigenvalue weighted by molar-refractivity contribution is 6.02. The standard InChI is InChI=1S/C24H33N3O4/c1-16(2)27-20-6-4-3-5-19(20)22(28)21(24(27)30)23(29)25-18-7-11-26(12-8-18)15-17-9-13-31-14-10-17/h3-6,16-18,28H,7-15H2,1-2H3,(H,25,29). The molecular formula is C24H33N3O4. The number of benzene rings is 1. The maximum absolute atomic E-state index is 13.1. The van der Waals surface area contributed by atoms with Crippen LogP contribution in [0.1, 0.15) is 55.9 Å². The average Bonchev–Trinajstić information content (AvgIpc) is 2.76. The number of carbonyl (C=O) groups is 1. The van der Waals surface area contributed by atoms with Gasteiger partial charge in [0.05, 0.1) is 5.52 Å². The van der Waals surface area contributed by atoms with Gasteiger partial charge in [-0.1, -0.05) is 12.1 Å². The fourth-order valence-corrected chi connectivity index (χ4v) is 4.88. The van der Waals surface area contributed by atoms with Crippen molar-refractivity contribution in [1.29, 1.82) is 0 Å². The average molecular weight is 428 g/mol. The van der Waals surface area contributed by atoms with Gasteiger partial charge in [-0.25, -0.2) is 0 Å². The van der Waals surface area contributed by atoms with Crippen molar-refractivity contribution in [2.24, 2.45) is 5.92 Å². The van der Waals surface area contributed by atoms with Gasteiger partial charge < -0.3 is 24.6 Å². The minimum Gasteiger partial charge on any atom is -0.506 e. The second-order valence-electron chi connectivity index (χ2n) is 9.11. The Morgan fingerprint density at radius 3 is 2.52 bits per heavy atom. The molecule has 0 spiro atoms. The first-order valence-corrected chi connectivity index (χ1v) is 11.4. The Morgan fingerprint density at radius 1 is 1.16 bits per heavy atom. The Balaban J connectivity index is 1.46. The Morgan fingerprint density at radius 2 is 1.84 bits per heavy atom. The van der Waals surface area contributed by atoms with Crippen molar-refractivity contribution < 1.29 is 14.6 Å². The van der Waals surface area contributed by atoms with Crippen LogP contribution in [0.15, 0.2) is 29.1 Å². The zero-order valence-corrected chi connectivity index (χ0v) is 18.5. The van der Waals surface area contributed by atoms with Gasteiger partial charge in [-0.15, -0.1) is 0 Å². The second kappa shape index (κ2) is 9.40. The summed E-state index contributed by atoms with van der Waals surface area (Å²) in [7, 11) is 0. The molecule has 7 heteroatoms. The lowest BCUT2D eigenvalue weighted by Gasteiger charge is -2.35. The van der Waals surface area contributed by atoms with Crippen LogP contribution in [0.3, 0.4) is 0 Å². The molecule has 0 radical (unpaired) electrons. The van der Waals surface area contributed by atoms with E-state index in [4.69, 9.17) is 4.74 Å². The molecule has 0 saturated carbocycles. The fraction of sp³-hybridized carbons (Fsp3) is 0.583. The predicted molar refractivity (Wildman–Crippen MR) is 121 cm³/mol. The number of nitrogens with zero attached hydrogens (tertiary/aromatic N) is 2. The lowest BCUT2D eigenvalue weighted by molar-refractivity contribution is 0.0477. The summed E-state index contributed by atoms with van der Waals surface area (Å²) in [5.41, 5.74) is 0.0376. The number of pyridine rings is 1. The molecule has 2 saturated heterocycles. The van der Waals surface area contributed by atoms with Crippen LogP contribution >= 0.6 is 0 Å². The molecule has 2 aromatic rings. The van der Waals surface area contributed by atoms with Crippen molar-refractivity contribution in [3.63, 3.8) is 0 Å². The number of rotatable bonds is 5. The number of carbonyl (C=O) groups excluding carboxylic acids is 1. The van der Waals surface area contributed by atoms with Crippen molar-refractivity contribution in [2.75, 3.05) is 32.8 Å². The Labute approximate surface area is 183 Å². The molecule has 2 aliphatic rings. The first kappa shape index (κ1) is 21.8. The van der Waals surface area contributed by atoms with Gasteiger partial charge >= 0.3 is 0 Å². The summed E-state index contributed by atoms with van der Waals surface area (Å²) < 4.78 is 7.03. The number of piperidine rings is 1. The second-order valence-corrected chi connectivity index (χ2v) is 9.11. The van der Waals surface area contributed by atoms with Crippen molar-refractivity contribution in [2.45, 2.75) is 51.6 Å². The van der Waals surface area contributed by atoms with Gasteiger partial charge in [-0.3, -0.25) is 9.59 Å². The van der Waals surface area contributed by atoms with E-state index in [2.05, 4.69) is 10.2 Å². The molecule has 1 amide bonds. The van der Waals surface area contributed by atoms with E-state index in [1.165, 1.54) is 0 Å². The van der Waals surface area contributed by atoms with E-state index in [1.54, 1.807) is 22.8 Å². The molecule has 1 aromatic carbocycles. The summed E-state index contributed by atoms with van der Waals surface area (Å²) in [6.07, 6.45) is 3.95. The maximum Gasteiger partial charge on any atom is 0.267 e. The van der Waals surface area contributed by atoms with Crippen molar-refractivity contribution in [3.8, 4) is 5.75 Å². The van der Waals surface area contributed by atoms with E-state index in [1.807, 2.05) is 19.9 Å². The van der Waals surface area contributed by atoms with Crippen LogP contribution < -0.4 is 10.9 Å². The molecule has 4 rings (SSSR count). The molecule has 31 heavy (non-hydrogen) atoms. The quantitative estimate of drug-likeness (QED) is 0.767. The van der Waals surface area contributed by atoms with Crippen molar-refractivity contribution >= 4 is 16.8 Å². The van der Waals surface area contributed by atoms with Gasteiger partial charge in [0.2, 0.25) is 0 Å². The highest BCUT2D eigenvalue weighted by Gasteiger charge is 2.27. The molecule has 1 aromatic heterocycles. The molecule has 0 atom stereocenters. The molecule has 2 aliphatic heterocycles. The van der Waals surface area contributed by atoms with Gasteiger partial charge in [0.25, 0.3) is 11.5 Å². The number of amides is 1. The van der Waals surface area contributed by atoms with E-state index in [-0.39, 0.29) is 23.4 Å². The van der Waals surface area contributed by atoms with E-state index in [0.717, 1.165) is 58.5 Å². The van der Waals surface area contributed by atoms with Crippen LogP contribution in [-0.2, 0) is 4.74 Å². The summed E-state index contributed by atoms with van der Waals surface area (Å²) >= 11 is 0. The molecule has 2 N–H and O–H groups in total. The smallest absolute Gasteiger partial charge is 0.267 e. The first-order valence-electron chi connectivity index (χ1n) is 11.4. The highest BCUT2D eigenvalue weighted by atomic mass is 16.5. The van der Waals surface area contributed by atoms with Gasteiger partial charge in [-0.2, -0.15) is 0 Å². The first-order chi connectivity index (χ1) is 15.0. The molecule has 0 aliphatic carbocycles. The van der Waals surface area contributed by atoms with E-state index < -0.39 is 11.5 Å². The van der Waals surface area contributed by atoms with Gasteiger partial charge in [0.15, 0.2) is 0 Å². The van der Waals surface area contributed by atoms with Crippen LogP contribution in [0.5, 0.6) is 5.75 Å². The number of nitrogens with one attached hydrogen (secondary N) is 1. The summed E-state index contributed by atoms with van der Waals surface area (Å²) in [5.74, 6) is -0.0126. The SMILES string of the molecule is CC(C)n1c(=O)c(C(=O)NC2CCN(CC3CCOCC3)CC2)c(O)c2ccccc21. The highest BCUT2D eigenvalue weighted by Crippen LogP contribution is 2.28. The zero-order valence-electron chi connectivity index (χ0n) is 18.5. The Bertz CT molecular complexity index is 986. The summed E-state index contributed by atoms with van der Waals surface area (Å²) in [6, 6.07) is 7.05. The lowest BCUT2D eigenvalue weighted by atomic mass is 9.97. The van der Waals surface area contributed by atoms with Gasteiger partial charge in [-0.05, 0) is 57.6 Å². The van der Waals surface area contributed by atoms with E-state index in [0.29, 0.717) is 16.8 Å². The lowest BCUT2D eigenvalue weighted by Crippen LogP contribution is -2.47. The molecular weight excluding hydrogens is 394 g/mol. The molecule has 2 fully saturated rings. The fourth-order valence-electron chi connectivity index (χ4n) is 4.88. The third-order valence-corrected chi connectivity index (χ3v) is 6.61. The third kappa shape index (κ3) is 4.62. The minimum atomic E-state index is -0.481. The monoisotopic (exact) mass is 427 g/mol. The number of ether oxygens (including phenoxy) is 1.